The van der Waals surface area contributed by atoms with Crippen LogP contribution in [0.15, 0.2) is 66.7 Å². The number of likely N-dealkylation sites (tertiary alicyclic amines) is 1. The number of nitriles is 1. The van der Waals surface area contributed by atoms with Gasteiger partial charge in [-0.15, -0.1) is 0 Å². The molecule has 1 atom stereocenters. The fraction of sp³-hybridized carbons (Fsp3) is 0.208. The first-order valence-electron chi connectivity index (χ1n) is 9.49. The molecule has 1 aliphatic heterocycles. The standard InChI is InChI=1S/C24H20N2O2/c25-15-18-8-2-4-12-21(18)24(28)26-14-6-10-19(16-26)23(27)22-13-5-9-17-7-1-3-11-20(17)22/h1-5,7-9,11-13,19H,6,10,14,16H2. The lowest BCUT2D eigenvalue weighted by atomic mass is 9.87. The summed E-state index contributed by atoms with van der Waals surface area (Å²) in [5, 5.41) is 11.3. The Morgan fingerprint density at radius 1 is 0.929 bits per heavy atom. The Hall–Kier alpha value is -3.45. The summed E-state index contributed by atoms with van der Waals surface area (Å²) in [5.74, 6) is -0.312. The maximum Gasteiger partial charge on any atom is 0.255 e. The van der Waals surface area contributed by atoms with Gasteiger partial charge in [-0.2, -0.15) is 5.26 Å². The van der Waals surface area contributed by atoms with Gasteiger partial charge in [0.05, 0.1) is 17.2 Å². The third-order valence-corrected chi connectivity index (χ3v) is 5.41. The first-order valence-corrected chi connectivity index (χ1v) is 9.49. The minimum Gasteiger partial charge on any atom is -0.338 e. The van der Waals surface area contributed by atoms with E-state index in [9.17, 15) is 14.9 Å². The van der Waals surface area contributed by atoms with Gasteiger partial charge in [-0.05, 0) is 35.7 Å². The van der Waals surface area contributed by atoms with Crippen LogP contribution in [0.1, 0.15) is 39.1 Å². The van der Waals surface area contributed by atoms with Crippen molar-refractivity contribution in [2.45, 2.75) is 12.8 Å². The molecule has 1 fully saturated rings. The Bertz CT molecular complexity index is 1090. The minimum atomic E-state index is -0.224. The highest BCUT2D eigenvalue weighted by molar-refractivity contribution is 6.09. The molecule has 0 aliphatic carbocycles. The van der Waals surface area contributed by atoms with E-state index in [-0.39, 0.29) is 17.6 Å². The van der Waals surface area contributed by atoms with Gasteiger partial charge >= 0.3 is 0 Å². The van der Waals surface area contributed by atoms with Crippen LogP contribution >= 0.6 is 0 Å². The Labute approximate surface area is 164 Å². The summed E-state index contributed by atoms with van der Waals surface area (Å²) in [6, 6.07) is 22.6. The quantitative estimate of drug-likeness (QED) is 0.642. The molecule has 0 radical (unpaired) electrons. The minimum absolute atomic E-state index is 0.0860. The lowest BCUT2D eigenvalue weighted by Gasteiger charge is -2.32. The number of amides is 1. The van der Waals surface area contributed by atoms with E-state index < -0.39 is 0 Å². The monoisotopic (exact) mass is 368 g/mol. The number of carbonyl (C=O) groups is 2. The molecule has 1 saturated heterocycles. The van der Waals surface area contributed by atoms with Gasteiger partial charge < -0.3 is 4.90 Å². The predicted octanol–water partition coefficient (Wildman–Crippen LogP) is 4.45. The van der Waals surface area contributed by atoms with E-state index in [1.165, 1.54) is 0 Å². The van der Waals surface area contributed by atoms with E-state index in [2.05, 4.69) is 6.07 Å². The summed E-state index contributed by atoms with van der Waals surface area (Å²) >= 11 is 0. The van der Waals surface area contributed by atoms with E-state index in [1.54, 1.807) is 29.2 Å². The number of carbonyl (C=O) groups excluding carboxylic acids is 2. The van der Waals surface area contributed by atoms with Crippen LogP contribution in [-0.2, 0) is 0 Å². The highest BCUT2D eigenvalue weighted by Crippen LogP contribution is 2.27. The van der Waals surface area contributed by atoms with Crippen molar-refractivity contribution in [2.75, 3.05) is 13.1 Å². The lowest BCUT2D eigenvalue weighted by Crippen LogP contribution is -2.42. The van der Waals surface area contributed by atoms with Crippen LogP contribution in [0.2, 0.25) is 0 Å². The van der Waals surface area contributed by atoms with E-state index in [0.717, 1.165) is 29.2 Å². The number of ketones is 1. The van der Waals surface area contributed by atoms with E-state index >= 15 is 0 Å². The van der Waals surface area contributed by atoms with Gasteiger partial charge in [-0.25, -0.2) is 0 Å². The smallest absolute Gasteiger partial charge is 0.255 e. The molecule has 4 heteroatoms. The molecule has 138 valence electrons. The third-order valence-electron chi connectivity index (χ3n) is 5.41. The molecular formula is C24H20N2O2. The number of rotatable bonds is 3. The molecule has 1 heterocycles. The average Bonchev–Trinajstić information content (AvgIpc) is 2.77. The average molecular weight is 368 g/mol. The number of hydrogen-bond donors (Lipinski definition) is 0. The summed E-state index contributed by atoms with van der Waals surface area (Å²) in [5.41, 5.74) is 1.49. The Morgan fingerprint density at radius 2 is 1.64 bits per heavy atom. The molecule has 4 rings (SSSR count). The van der Waals surface area contributed by atoms with Crippen LogP contribution in [0, 0.1) is 17.2 Å². The molecule has 0 aromatic heterocycles. The molecule has 4 nitrogen and oxygen atoms in total. The zero-order valence-corrected chi connectivity index (χ0v) is 15.5. The summed E-state index contributed by atoms with van der Waals surface area (Å²) < 4.78 is 0. The lowest BCUT2D eigenvalue weighted by molar-refractivity contribution is 0.0637. The van der Waals surface area contributed by atoms with Crippen molar-refractivity contribution in [1.29, 1.82) is 5.26 Å². The van der Waals surface area contributed by atoms with Crippen molar-refractivity contribution in [1.82, 2.24) is 4.90 Å². The first-order chi connectivity index (χ1) is 13.7. The number of nitrogens with zero attached hydrogens (tertiary/aromatic N) is 2. The van der Waals surface area contributed by atoms with E-state index in [0.29, 0.717) is 24.2 Å². The maximum atomic E-state index is 13.3. The summed E-state index contributed by atoms with van der Waals surface area (Å²) in [6.45, 7) is 0.999. The number of fused-ring (bicyclic) bond motifs is 1. The number of benzene rings is 3. The fourth-order valence-electron chi connectivity index (χ4n) is 3.97. The molecule has 1 aliphatic rings. The maximum absolute atomic E-state index is 13.3. The highest BCUT2D eigenvalue weighted by Gasteiger charge is 2.30. The summed E-state index contributed by atoms with van der Waals surface area (Å²) in [4.78, 5) is 27.9. The molecular weight excluding hydrogens is 348 g/mol. The van der Waals surface area contributed by atoms with Crippen LogP contribution in [0.5, 0.6) is 0 Å². The van der Waals surface area contributed by atoms with Crippen molar-refractivity contribution in [3.63, 3.8) is 0 Å². The number of Topliss-reactive ketones (excluding diaryl/α,β-unsaturated/α-hetero) is 1. The Morgan fingerprint density at radius 3 is 2.50 bits per heavy atom. The van der Waals surface area contributed by atoms with Crippen LogP contribution < -0.4 is 0 Å². The van der Waals surface area contributed by atoms with Gasteiger partial charge in [0.15, 0.2) is 5.78 Å². The van der Waals surface area contributed by atoms with Crippen molar-refractivity contribution in [3.05, 3.63) is 83.4 Å². The SMILES string of the molecule is N#Cc1ccccc1C(=O)N1CCCC(C(=O)c2cccc3ccccc23)C1. The van der Waals surface area contributed by atoms with Crippen molar-refractivity contribution in [3.8, 4) is 6.07 Å². The number of hydrogen-bond acceptors (Lipinski definition) is 3. The van der Waals surface area contributed by atoms with Crippen LogP contribution in [0.4, 0.5) is 0 Å². The van der Waals surface area contributed by atoms with Crippen molar-refractivity contribution < 1.29 is 9.59 Å². The van der Waals surface area contributed by atoms with Gasteiger partial charge in [-0.1, -0.05) is 54.6 Å². The molecule has 1 unspecified atom stereocenters. The molecule has 3 aromatic rings. The van der Waals surface area contributed by atoms with E-state index in [1.807, 2.05) is 42.5 Å². The predicted molar refractivity (Wildman–Crippen MR) is 108 cm³/mol. The Kier molecular flexibility index (Phi) is 4.90. The molecule has 0 bridgehead atoms. The van der Waals surface area contributed by atoms with E-state index in [4.69, 9.17) is 0 Å². The normalized spacial score (nSPS) is 16.5. The molecule has 3 aromatic carbocycles. The molecule has 0 spiro atoms. The topological polar surface area (TPSA) is 61.2 Å². The van der Waals surface area contributed by atoms with Crippen molar-refractivity contribution >= 4 is 22.5 Å². The van der Waals surface area contributed by atoms with Gasteiger partial charge in [0.25, 0.3) is 5.91 Å². The van der Waals surface area contributed by atoms with Crippen LogP contribution in [0.25, 0.3) is 10.8 Å². The Balaban J connectivity index is 1.59. The molecule has 0 N–H and O–H groups in total. The zero-order valence-electron chi connectivity index (χ0n) is 15.5. The second kappa shape index (κ2) is 7.66. The highest BCUT2D eigenvalue weighted by atomic mass is 16.2. The fourth-order valence-corrected chi connectivity index (χ4v) is 3.97. The van der Waals surface area contributed by atoms with Gasteiger partial charge in [0.1, 0.15) is 0 Å². The second-order valence-electron chi connectivity index (χ2n) is 7.14. The van der Waals surface area contributed by atoms with Gasteiger partial charge in [0.2, 0.25) is 0 Å². The van der Waals surface area contributed by atoms with Gasteiger partial charge in [-0.3, -0.25) is 9.59 Å². The van der Waals surface area contributed by atoms with Crippen LogP contribution in [-0.4, -0.2) is 29.7 Å². The number of piperidine rings is 1. The molecule has 1 amide bonds. The summed E-state index contributed by atoms with van der Waals surface area (Å²) in [6.07, 6.45) is 1.55. The van der Waals surface area contributed by atoms with Crippen molar-refractivity contribution in [2.24, 2.45) is 5.92 Å². The summed E-state index contributed by atoms with van der Waals surface area (Å²) in [7, 11) is 0. The first kappa shape index (κ1) is 17.9. The van der Waals surface area contributed by atoms with Crippen LogP contribution in [0.3, 0.4) is 0 Å². The third kappa shape index (κ3) is 3.27. The zero-order chi connectivity index (χ0) is 19.5. The second-order valence-corrected chi connectivity index (χ2v) is 7.14. The van der Waals surface area contributed by atoms with Gasteiger partial charge in [0, 0.05) is 24.6 Å². The molecule has 0 saturated carbocycles. The largest absolute Gasteiger partial charge is 0.338 e. The molecule has 28 heavy (non-hydrogen) atoms.